The van der Waals surface area contributed by atoms with Crippen molar-refractivity contribution in [1.29, 1.82) is 0 Å². The lowest BCUT2D eigenvalue weighted by Crippen LogP contribution is -2.29. The second-order valence-electron chi connectivity index (χ2n) is 18.4. The molecular formula is C54H90N4O13S4. The molecule has 75 heavy (non-hydrogen) atoms. The van der Waals surface area contributed by atoms with E-state index in [1.165, 1.54) is 138 Å². The van der Waals surface area contributed by atoms with E-state index in [2.05, 4.69) is 22.9 Å². The van der Waals surface area contributed by atoms with Crippen molar-refractivity contribution in [1.82, 2.24) is 16.0 Å². The second-order valence-corrected chi connectivity index (χ2v) is 24.1. The van der Waals surface area contributed by atoms with Gasteiger partial charge in [-0.1, -0.05) is 155 Å². The lowest BCUT2D eigenvalue weighted by atomic mass is 10.0. The Hall–Kier alpha value is -3.68. The summed E-state index contributed by atoms with van der Waals surface area (Å²) in [5.41, 5.74) is 9.29. The first kappa shape index (κ1) is 71.3. The van der Waals surface area contributed by atoms with Crippen LogP contribution in [0, 0.1) is 27.7 Å². The third-order valence-electron chi connectivity index (χ3n) is 11.3. The van der Waals surface area contributed by atoms with Gasteiger partial charge in [-0.15, -0.1) is 0 Å². The molecule has 0 aliphatic rings. The second kappa shape index (κ2) is 41.4. The van der Waals surface area contributed by atoms with Crippen LogP contribution in [0.1, 0.15) is 138 Å². The molecule has 0 aliphatic carbocycles. The Labute approximate surface area is 451 Å². The Balaban J connectivity index is 0.00000101. The fourth-order valence-electron chi connectivity index (χ4n) is 6.75. The van der Waals surface area contributed by atoms with Gasteiger partial charge >= 0.3 is 0 Å². The summed E-state index contributed by atoms with van der Waals surface area (Å²) in [6.07, 6.45) is 21.9. The maximum absolute atomic E-state index is 10.5. The van der Waals surface area contributed by atoms with E-state index in [0.29, 0.717) is 0 Å². The molecule has 0 heterocycles. The van der Waals surface area contributed by atoms with Crippen LogP contribution in [-0.4, -0.2) is 109 Å². The number of aryl methyl sites for hydroxylation is 4. The number of aliphatic hydroxyl groups is 1. The standard InChI is InChI=1S/C26H58N4O.4C7H8O3S/c1-2-3-4-5-6-7-8-9-10-11-12-13-18-26(31)25-30-24-17-23-29-21-15-14-20-28-22-16-19-27;4*1-6-2-4-7(5-3-6)11(8,9)10/h26,28-31H,2-25,27H2,1H3;4*2-5H,1H3,(H,8,9,10). The van der Waals surface area contributed by atoms with Gasteiger partial charge in [0.1, 0.15) is 0 Å². The first-order valence-electron chi connectivity index (χ1n) is 26.0. The molecule has 0 radical (unpaired) electrons. The first-order chi connectivity index (χ1) is 35.3. The molecule has 0 saturated carbocycles. The van der Waals surface area contributed by atoms with Crippen LogP contribution in [0.3, 0.4) is 0 Å². The number of nitrogens with one attached hydrogen (secondary N) is 3. The van der Waals surface area contributed by atoms with Gasteiger partial charge in [0.2, 0.25) is 0 Å². The van der Waals surface area contributed by atoms with Crippen LogP contribution in [0.2, 0.25) is 0 Å². The molecule has 0 bridgehead atoms. The zero-order valence-electron chi connectivity index (χ0n) is 45.0. The molecule has 1 atom stereocenters. The molecule has 0 aromatic heterocycles. The molecule has 0 aliphatic heterocycles. The zero-order valence-corrected chi connectivity index (χ0v) is 48.3. The van der Waals surface area contributed by atoms with Crippen molar-refractivity contribution in [2.75, 3.05) is 45.8 Å². The van der Waals surface area contributed by atoms with Crippen LogP contribution < -0.4 is 21.7 Å². The summed E-state index contributed by atoms with van der Waals surface area (Å²) in [7, 11) is -16.1. The van der Waals surface area contributed by atoms with E-state index in [0.717, 1.165) is 87.3 Å². The predicted octanol–water partition coefficient (Wildman–Crippen LogP) is 9.69. The summed E-state index contributed by atoms with van der Waals surface area (Å²) in [4.78, 5) is -0.266. The number of aliphatic hydroxyl groups excluding tert-OH is 1. The minimum atomic E-state index is -4.02. The molecular weight excluding hydrogens is 1040 g/mol. The lowest BCUT2D eigenvalue weighted by molar-refractivity contribution is 0.158. The summed E-state index contributed by atoms with van der Waals surface area (Å²) in [6, 6.07) is 24.0. The fraction of sp³-hybridized carbons (Fsp3) is 0.556. The third kappa shape index (κ3) is 41.1. The van der Waals surface area contributed by atoms with Crippen LogP contribution in [-0.2, 0) is 40.5 Å². The van der Waals surface area contributed by atoms with Gasteiger partial charge in [-0.3, -0.25) is 18.2 Å². The number of unbranched alkanes of at least 4 members (excludes halogenated alkanes) is 12. The van der Waals surface area contributed by atoms with Crippen LogP contribution in [0.5, 0.6) is 0 Å². The summed E-state index contributed by atoms with van der Waals surface area (Å²) in [5, 5.41) is 20.4. The molecule has 0 amide bonds. The van der Waals surface area contributed by atoms with Crippen molar-refractivity contribution >= 4 is 40.5 Å². The van der Waals surface area contributed by atoms with Crippen LogP contribution in [0.4, 0.5) is 0 Å². The van der Waals surface area contributed by atoms with Crippen molar-refractivity contribution in [3.8, 4) is 0 Å². The van der Waals surface area contributed by atoms with Gasteiger partial charge < -0.3 is 26.8 Å². The highest BCUT2D eigenvalue weighted by atomic mass is 32.2. The zero-order chi connectivity index (χ0) is 56.6. The Morgan fingerprint density at radius 2 is 0.627 bits per heavy atom. The van der Waals surface area contributed by atoms with Crippen molar-refractivity contribution in [3.05, 3.63) is 119 Å². The lowest BCUT2D eigenvalue weighted by Gasteiger charge is -2.12. The summed E-state index contributed by atoms with van der Waals surface area (Å²) in [5.74, 6) is 0. The highest BCUT2D eigenvalue weighted by molar-refractivity contribution is 7.86. The van der Waals surface area contributed by atoms with Gasteiger partial charge in [0, 0.05) is 6.54 Å². The molecule has 1 unspecified atom stereocenters. The minimum absolute atomic E-state index is 0.0666. The summed E-state index contributed by atoms with van der Waals surface area (Å²) < 4.78 is 118. The van der Waals surface area contributed by atoms with E-state index >= 15 is 0 Å². The van der Waals surface area contributed by atoms with Gasteiger partial charge in [0.15, 0.2) is 0 Å². The molecule has 17 nitrogen and oxygen atoms in total. The number of benzene rings is 4. The summed E-state index contributed by atoms with van der Waals surface area (Å²) in [6.45, 7) is 16.4. The Morgan fingerprint density at radius 3 is 0.907 bits per heavy atom. The molecule has 10 N–H and O–H groups in total. The first-order valence-corrected chi connectivity index (χ1v) is 31.7. The quantitative estimate of drug-likeness (QED) is 0.0167. The molecule has 0 spiro atoms. The Kier molecular flexibility index (Phi) is 39.4. The molecule has 428 valence electrons. The molecule has 0 fully saturated rings. The monoisotopic (exact) mass is 1130 g/mol. The normalized spacial score (nSPS) is 11.9. The summed E-state index contributed by atoms with van der Waals surface area (Å²) >= 11 is 0. The molecule has 4 aromatic carbocycles. The minimum Gasteiger partial charge on any atom is -0.392 e. The number of hydrogen-bond acceptors (Lipinski definition) is 13. The van der Waals surface area contributed by atoms with Crippen LogP contribution >= 0.6 is 0 Å². The number of nitrogens with two attached hydrogens (primary N) is 1. The number of rotatable bonds is 31. The van der Waals surface area contributed by atoms with Crippen LogP contribution in [0.25, 0.3) is 0 Å². The van der Waals surface area contributed by atoms with E-state index in [1.54, 1.807) is 48.5 Å². The molecule has 4 rings (SSSR count). The van der Waals surface area contributed by atoms with E-state index in [9.17, 15) is 38.8 Å². The maximum atomic E-state index is 10.5. The highest BCUT2D eigenvalue weighted by Crippen LogP contribution is 2.14. The number of hydrogen-bond donors (Lipinski definition) is 9. The average molecular weight is 1130 g/mol. The Bertz CT molecular complexity index is 2200. The smallest absolute Gasteiger partial charge is 0.294 e. The van der Waals surface area contributed by atoms with Crippen molar-refractivity contribution in [3.63, 3.8) is 0 Å². The van der Waals surface area contributed by atoms with Crippen LogP contribution in [0.15, 0.2) is 117 Å². The molecule has 21 heteroatoms. The van der Waals surface area contributed by atoms with E-state index < -0.39 is 40.5 Å². The molecule has 4 aromatic rings. The van der Waals surface area contributed by atoms with E-state index in [-0.39, 0.29) is 25.7 Å². The molecule has 0 saturated heterocycles. The predicted molar refractivity (Wildman–Crippen MR) is 302 cm³/mol. The largest absolute Gasteiger partial charge is 0.392 e. The fourth-order valence-corrected chi connectivity index (χ4v) is 8.67. The SMILES string of the molecule is CCCCCCCCCCCCCCC(O)CNCCCNCCCCNCCCN.Cc1ccc(S(=O)(=O)O)cc1.Cc1ccc(S(=O)(=O)O)cc1.Cc1ccc(S(=O)(=O)O)cc1.Cc1ccc(S(=O)(=O)O)cc1. The van der Waals surface area contributed by atoms with Crippen molar-refractivity contribution in [2.24, 2.45) is 5.73 Å². The Morgan fingerprint density at radius 1 is 0.373 bits per heavy atom. The van der Waals surface area contributed by atoms with E-state index in [4.69, 9.17) is 23.9 Å². The van der Waals surface area contributed by atoms with E-state index in [1.807, 2.05) is 27.7 Å². The van der Waals surface area contributed by atoms with Gasteiger partial charge in [-0.05, 0) is 148 Å². The maximum Gasteiger partial charge on any atom is 0.294 e. The van der Waals surface area contributed by atoms with Gasteiger partial charge in [-0.2, -0.15) is 33.7 Å². The van der Waals surface area contributed by atoms with Gasteiger partial charge in [0.05, 0.1) is 25.7 Å². The average Bonchev–Trinajstić information content (AvgIpc) is 3.33. The van der Waals surface area contributed by atoms with Gasteiger partial charge in [0.25, 0.3) is 40.5 Å². The van der Waals surface area contributed by atoms with Crippen molar-refractivity contribution < 1.29 is 57.0 Å². The van der Waals surface area contributed by atoms with Gasteiger partial charge in [-0.25, -0.2) is 0 Å². The topological polar surface area (TPSA) is 300 Å². The van der Waals surface area contributed by atoms with Crippen molar-refractivity contribution in [2.45, 2.75) is 169 Å². The third-order valence-corrected chi connectivity index (χ3v) is 14.7. The highest BCUT2D eigenvalue weighted by Gasteiger charge is 2.10.